The van der Waals surface area contributed by atoms with Crippen LogP contribution in [0.2, 0.25) is 0 Å². The van der Waals surface area contributed by atoms with E-state index in [0.717, 1.165) is 16.7 Å². The van der Waals surface area contributed by atoms with Crippen molar-refractivity contribution in [3.8, 4) is 0 Å². The maximum Gasteiger partial charge on any atom is 0.324 e. The van der Waals surface area contributed by atoms with Crippen LogP contribution in [0.15, 0.2) is 91.0 Å². The Hall–Kier alpha value is -5.98. The van der Waals surface area contributed by atoms with Crippen molar-refractivity contribution in [3.63, 3.8) is 0 Å². The van der Waals surface area contributed by atoms with Crippen LogP contribution in [0, 0.1) is 0 Å². The molecule has 4 saturated heterocycles. The molecule has 4 heterocycles. The van der Waals surface area contributed by atoms with Crippen molar-refractivity contribution < 1.29 is 64.2 Å². The Morgan fingerprint density at radius 1 is 0.484 bits per heavy atom. The molecule has 0 saturated carbocycles. The molecule has 3 aromatic rings. The normalized spacial score (nSPS) is 20.9. The van der Waals surface area contributed by atoms with E-state index in [-0.39, 0.29) is 101 Å². The summed E-state index contributed by atoms with van der Waals surface area (Å²) in [7, 11) is 6.93. The third-order valence-corrected chi connectivity index (χ3v) is 10.3. The lowest BCUT2D eigenvalue weighted by Crippen LogP contribution is -2.34. The van der Waals surface area contributed by atoms with Crippen molar-refractivity contribution in [1.82, 2.24) is 19.6 Å². The lowest BCUT2D eigenvalue weighted by molar-refractivity contribution is -0.150. The molecule has 3 aromatic carbocycles. The average Bonchev–Trinajstić information content (AvgIpc) is 4.02. The van der Waals surface area contributed by atoms with Gasteiger partial charge >= 0.3 is 23.9 Å². The van der Waals surface area contributed by atoms with Crippen LogP contribution in [0.25, 0.3) is 0 Å². The molecular weight excluding hydrogens is 829 g/mol. The van der Waals surface area contributed by atoms with Crippen LogP contribution in [0.3, 0.4) is 0 Å². The van der Waals surface area contributed by atoms with E-state index in [1.807, 2.05) is 91.0 Å². The van der Waals surface area contributed by atoms with Crippen molar-refractivity contribution in [2.45, 2.75) is 76.6 Å². The number of aliphatic hydroxyl groups is 1. The number of carbonyl (C=O) groups excluding carboxylic acids is 7. The lowest BCUT2D eigenvalue weighted by atomic mass is 10.2. The number of aliphatic hydroxyl groups excluding tert-OH is 1. The zero-order valence-electron chi connectivity index (χ0n) is 37.1. The van der Waals surface area contributed by atoms with Gasteiger partial charge in [0.15, 0.2) is 0 Å². The first-order chi connectivity index (χ1) is 30.5. The van der Waals surface area contributed by atoms with Crippen molar-refractivity contribution in [3.05, 3.63) is 108 Å². The number of hydrogen-bond acceptors (Lipinski definition) is 16. The zero-order valence-corrected chi connectivity index (χ0v) is 37.1. The van der Waals surface area contributed by atoms with E-state index < -0.39 is 30.1 Å². The number of carboxylic acid groups (broad SMARTS) is 1. The summed E-state index contributed by atoms with van der Waals surface area (Å²) in [5.74, 6) is -1.58. The molecule has 64 heavy (non-hydrogen) atoms. The largest absolute Gasteiger partial charge is 0.480 e. The molecule has 17 nitrogen and oxygen atoms in total. The van der Waals surface area contributed by atoms with Gasteiger partial charge in [0.2, 0.25) is 0 Å². The summed E-state index contributed by atoms with van der Waals surface area (Å²) in [4.78, 5) is 96.6. The van der Waals surface area contributed by atoms with Crippen molar-refractivity contribution >= 4 is 47.0 Å². The van der Waals surface area contributed by atoms with E-state index in [9.17, 15) is 38.4 Å². The SMILES string of the molecule is CCO.CN1CC(=O)CC1C(=O)O.CN1CC(=O)CC1C(=O)OCc1ccccc1.CN1CC(=O)CC1C(=O)OCc1ccccc1.CN1CC(=O)CC1C(=O)OCc1ccccc1.[HH]. The van der Waals surface area contributed by atoms with Gasteiger partial charge in [0.1, 0.15) is 67.1 Å². The van der Waals surface area contributed by atoms with E-state index in [0.29, 0.717) is 19.6 Å². The highest BCUT2D eigenvalue weighted by Crippen LogP contribution is 2.17. The van der Waals surface area contributed by atoms with Gasteiger partial charge in [0.25, 0.3) is 0 Å². The number of ether oxygens (including phenoxy) is 3. The molecule has 17 heteroatoms. The highest BCUT2D eigenvalue weighted by Gasteiger charge is 2.36. The predicted octanol–water partition coefficient (Wildman–Crippen LogP) is 2.60. The molecule has 0 radical (unpaired) electrons. The van der Waals surface area contributed by atoms with Crippen molar-refractivity contribution in [2.24, 2.45) is 0 Å². The molecular formula is C47H62N4O13. The Balaban J connectivity index is 0.000000295. The Morgan fingerprint density at radius 2 is 0.703 bits per heavy atom. The van der Waals surface area contributed by atoms with Gasteiger partial charge in [-0.1, -0.05) is 91.0 Å². The summed E-state index contributed by atoms with van der Waals surface area (Å²) in [6.07, 6.45) is 0.963. The fraction of sp³-hybridized carbons (Fsp3) is 0.447. The molecule has 4 aliphatic heterocycles. The monoisotopic (exact) mass is 890 g/mol. The number of carbonyl (C=O) groups is 8. The van der Waals surface area contributed by atoms with E-state index in [1.165, 1.54) is 0 Å². The average molecular weight is 891 g/mol. The fourth-order valence-electron chi connectivity index (χ4n) is 6.84. The molecule has 0 bridgehead atoms. The Bertz CT molecular complexity index is 1810. The number of rotatable bonds is 10. The summed E-state index contributed by atoms with van der Waals surface area (Å²) >= 11 is 0. The van der Waals surface area contributed by atoms with E-state index in [4.69, 9.17) is 24.4 Å². The van der Waals surface area contributed by atoms with E-state index in [2.05, 4.69) is 0 Å². The minimum absolute atomic E-state index is 0. The fourth-order valence-corrected chi connectivity index (χ4v) is 6.84. The second kappa shape index (κ2) is 27.3. The first kappa shape index (κ1) is 52.4. The van der Waals surface area contributed by atoms with E-state index in [1.54, 1.807) is 54.7 Å². The summed E-state index contributed by atoms with van der Waals surface area (Å²) in [6, 6.07) is 26.7. The van der Waals surface area contributed by atoms with Crippen LogP contribution in [-0.2, 0) is 72.4 Å². The molecule has 4 fully saturated rings. The number of esters is 3. The Labute approximate surface area is 375 Å². The molecule has 2 N–H and O–H groups in total. The number of Topliss-reactive ketones (excluding diaryl/α,β-unsaturated/α-hetero) is 4. The number of ketones is 4. The Kier molecular flexibility index (Phi) is 22.3. The van der Waals surface area contributed by atoms with Crippen LogP contribution in [-0.4, -0.2) is 162 Å². The van der Waals surface area contributed by atoms with Crippen LogP contribution in [0.5, 0.6) is 0 Å². The van der Waals surface area contributed by atoms with Crippen LogP contribution >= 0.6 is 0 Å². The topological polar surface area (TPSA) is 218 Å². The minimum Gasteiger partial charge on any atom is -0.480 e. The summed E-state index contributed by atoms with van der Waals surface area (Å²) in [6.45, 7) is 4.01. The second-order valence-electron chi connectivity index (χ2n) is 15.6. The van der Waals surface area contributed by atoms with Crippen LogP contribution in [0.4, 0.5) is 0 Å². The lowest BCUT2D eigenvalue weighted by Gasteiger charge is -2.16. The summed E-state index contributed by atoms with van der Waals surface area (Å²) in [5.41, 5.74) is 2.86. The standard InChI is InChI=1S/3C13H15NO3.C6H9NO3.C2H6O.H2/c3*1-14-8-11(15)7-12(14)13(16)17-9-10-5-3-2-4-6-10;1-7-3-4(8)2-5(7)6(9)10;1-2-3;/h3*2-6,12H,7-9H2,1H3;5H,2-3H2,1H3,(H,9,10);3H,2H2,1H3;1H. The maximum absolute atomic E-state index is 11.8. The highest BCUT2D eigenvalue weighted by molar-refractivity contribution is 5.93. The van der Waals surface area contributed by atoms with Gasteiger partial charge < -0.3 is 24.4 Å². The number of aliphatic carboxylic acids is 1. The van der Waals surface area contributed by atoms with Crippen LogP contribution < -0.4 is 0 Å². The molecule has 348 valence electrons. The van der Waals surface area contributed by atoms with Crippen molar-refractivity contribution in [1.29, 1.82) is 0 Å². The Morgan fingerprint density at radius 3 is 0.875 bits per heavy atom. The van der Waals surface area contributed by atoms with Crippen LogP contribution in [0.1, 0.15) is 50.7 Å². The molecule has 0 amide bonds. The summed E-state index contributed by atoms with van der Waals surface area (Å²) in [5, 5.41) is 16.1. The number of carboxylic acids is 1. The molecule has 0 spiro atoms. The minimum atomic E-state index is -0.909. The zero-order chi connectivity index (χ0) is 47.2. The van der Waals surface area contributed by atoms with Gasteiger partial charge in [-0.2, -0.15) is 0 Å². The third kappa shape index (κ3) is 18.0. The molecule has 4 aliphatic rings. The van der Waals surface area contributed by atoms with Crippen molar-refractivity contribution in [2.75, 3.05) is 61.0 Å². The number of hydrogen-bond donors (Lipinski definition) is 2. The van der Waals surface area contributed by atoms with E-state index >= 15 is 0 Å². The first-order valence-corrected chi connectivity index (χ1v) is 20.9. The van der Waals surface area contributed by atoms with Gasteiger partial charge in [-0.3, -0.25) is 58.0 Å². The van der Waals surface area contributed by atoms with Gasteiger partial charge in [-0.05, 0) is 51.8 Å². The molecule has 4 unspecified atom stereocenters. The molecule has 0 aromatic heterocycles. The summed E-state index contributed by atoms with van der Waals surface area (Å²) < 4.78 is 15.6. The smallest absolute Gasteiger partial charge is 0.324 e. The number of likely N-dealkylation sites (tertiary alicyclic amines) is 4. The number of nitrogens with zero attached hydrogens (tertiary/aromatic N) is 4. The van der Waals surface area contributed by atoms with Gasteiger partial charge in [-0.15, -0.1) is 0 Å². The molecule has 7 rings (SSSR count). The maximum atomic E-state index is 11.8. The first-order valence-electron chi connectivity index (χ1n) is 20.9. The quantitative estimate of drug-likeness (QED) is 0.221. The van der Waals surface area contributed by atoms with Gasteiger partial charge in [0.05, 0.1) is 26.2 Å². The second-order valence-corrected chi connectivity index (χ2v) is 15.6. The van der Waals surface area contributed by atoms with Gasteiger partial charge in [0, 0.05) is 33.7 Å². The number of benzene rings is 3. The third-order valence-electron chi connectivity index (χ3n) is 10.3. The predicted molar refractivity (Wildman–Crippen MR) is 235 cm³/mol. The molecule has 4 atom stereocenters. The number of likely N-dealkylation sites (N-methyl/N-ethyl adjacent to an activating group) is 4. The molecule has 0 aliphatic carbocycles. The highest BCUT2D eigenvalue weighted by atomic mass is 16.5. The van der Waals surface area contributed by atoms with Gasteiger partial charge in [-0.25, -0.2) is 0 Å².